The van der Waals surface area contributed by atoms with Crippen LogP contribution in [-0.2, 0) is 0 Å². The molecule has 0 aromatic heterocycles. The summed E-state index contributed by atoms with van der Waals surface area (Å²) < 4.78 is 0. The smallest absolute Gasteiger partial charge is 0.0632 e. The predicted octanol–water partition coefficient (Wildman–Crippen LogP) is 2.39. The minimum atomic E-state index is 0. The molecule has 0 bridgehead atoms. The zero-order valence-electron chi connectivity index (χ0n) is 7.58. The molecule has 0 N–H and O–H groups in total. The molecule has 1 aliphatic rings. The Kier molecular flexibility index (Phi) is 3.85. The van der Waals surface area contributed by atoms with Gasteiger partial charge in [-0.05, 0) is 44.8 Å². The molecule has 0 aromatic rings. The van der Waals surface area contributed by atoms with Crippen LogP contribution in [0.4, 0.5) is 0 Å². The summed E-state index contributed by atoms with van der Waals surface area (Å²) in [7, 11) is 0. The van der Waals surface area contributed by atoms with Crippen molar-refractivity contribution in [1.29, 1.82) is 0 Å². The third kappa shape index (κ3) is 1.70. The van der Waals surface area contributed by atoms with Gasteiger partial charge in [0.15, 0.2) is 0 Å². The molecule has 60 valence electrons. The van der Waals surface area contributed by atoms with Gasteiger partial charge in [-0.1, -0.05) is 18.1 Å². The van der Waals surface area contributed by atoms with Gasteiger partial charge in [0.1, 0.15) is 0 Å². The molecule has 11 heavy (non-hydrogen) atoms. The topological polar surface area (TPSA) is 0 Å². The molecule has 0 nitrogen and oxygen atoms in total. The van der Waals surface area contributed by atoms with E-state index in [0.717, 1.165) is 0 Å². The normalized spacial score (nSPS) is 19.4. The van der Waals surface area contributed by atoms with Gasteiger partial charge in [-0.3, -0.25) is 0 Å². The van der Waals surface area contributed by atoms with E-state index in [1.165, 1.54) is 11.1 Å². The second kappa shape index (κ2) is 3.77. The Morgan fingerprint density at radius 2 is 1.09 bits per heavy atom. The van der Waals surface area contributed by atoms with Crippen LogP contribution in [0.5, 0.6) is 0 Å². The maximum absolute atomic E-state index is 2.28. The van der Waals surface area contributed by atoms with E-state index >= 15 is 0 Å². The molecule has 0 amide bonds. The monoisotopic (exact) mass is 162 g/mol. The van der Waals surface area contributed by atoms with Crippen molar-refractivity contribution in [1.82, 2.24) is 0 Å². The van der Waals surface area contributed by atoms with E-state index in [-0.39, 0.29) is 23.1 Å². The van der Waals surface area contributed by atoms with Crippen LogP contribution < -0.4 is 0 Å². The van der Waals surface area contributed by atoms with E-state index in [0.29, 0.717) is 5.92 Å². The average molecular weight is 163 g/mol. The predicted molar refractivity (Wildman–Crippen MR) is 54.5 cm³/mol. The maximum atomic E-state index is 2.28. The van der Waals surface area contributed by atoms with Crippen molar-refractivity contribution < 1.29 is 0 Å². The molecule has 0 fully saturated rings. The van der Waals surface area contributed by atoms with Crippen LogP contribution in [0.25, 0.3) is 0 Å². The highest BCUT2D eigenvalue weighted by atomic mass is 24.3. The lowest BCUT2D eigenvalue weighted by molar-refractivity contribution is 0.815. The van der Waals surface area contributed by atoms with Crippen LogP contribution in [0.1, 0.15) is 34.6 Å². The van der Waals surface area contributed by atoms with Crippen LogP contribution in [-0.4, -0.2) is 23.1 Å². The van der Waals surface area contributed by atoms with E-state index in [9.17, 15) is 0 Å². The number of rotatable bonds is 0. The lowest BCUT2D eigenvalue weighted by Crippen LogP contribution is -1.92. The quantitative estimate of drug-likeness (QED) is 0.480. The lowest BCUT2D eigenvalue weighted by Gasteiger charge is -2.05. The van der Waals surface area contributed by atoms with Gasteiger partial charge in [0, 0.05) is 0 Å². The molecule has 0 saturated heterocycles. The van der Waals surface area contributed by atoms with Gasteiger partial charge in [-0.2, -0.15) is 0 Å². The Morgan fingerprint density at radius 1 is 0.818 bits per heavy atom. The highest BCUT2D eigenvalue weighted by molar-refractivity contribution is 5.75. The zero-order valence-corrected chi connectivity index (χ0v) is 7.58. The molecule has 1 heteroatoms. The fraction of sp³-hybridized carbons (Fsp3) is 0.600. The van der Waals surface area contributed by atoms with Crippen LogP contribution in [0.2, 0.25) is 0 Å². The summed E-state index contributed by atoms with van der Waals surface area (Å²) in [6.45, 7) is 11.2. The van der Waals surface area contributed by atoms with Crippen molar-refractivity contribution in [2.75, 3.05) is 0 Å². The molecule has 0 aromatic carbocycles. The molecule has 1 rings (SSSR count). The van der Waals surface area contributed by atoms with Crippen molar-refractivity contribution >= 4 is 23.1 Å². The SMILES string of the molecule is CC1=C(C)C(C)C(C)=C1C.[MgH2]. The van der Waals surface area contributed by atoms with Crippen molar-refractivity contribution in [3.63, 3.8) is 0 Å². The second-order valence-electron chi connectivity index (χ2n) is 3.34. The zero-order chi connectivity index (χ0) is 7.89. The first-order valence-corrected chi connectivity index (χ1v) is 3.90. The molecule has 0 saturated carbocycles. The summed E-state index contributed by atoms with van der Waals surface area (Å²) in [6.07, 6.45) is 0. The Bertz CT molecular complexity index is 197. The molecular weight excluding hydrogens is 144 g/mol. The first-order valence-electron chi connectivity index (χ1n) is 3.90. The summed E-state index contributed by atoms with van der Waals surface area (Å²) in [5.74, 6) is 0.694. The van der Waals surface area contributed by atoms with Crippen molar-refractivity contribution in [2.45, 2.75) is 34.6 Å². The highest BCUT2D eigenvalue weighted by Gasteiger charge is 2.19. The molecule has 0 atom stereocenters. The Balaban J connectivity index is 0.000001000. The summed E-state index contributed by atoms with van der Waals surface area (Å²) in [6, 6.07) is 0. The van der Waals surface area contributed by atoms with Gasteiger partial charge >= 0.3 is 23.1 Å². The Labute approximate surface area is 85.9 Å². The van der Waals surface area contributed by atoms with Gasteiger partial charge in [0.2, 0.25) is 0 Å². The van der Waals surface area contributed by atoms with Crippen molar-refractivity contribution in [2.24, 2.45) is 5.92 Å². The second-order valence-corrected chi connectivity index (χ2v) is 3.34. The summed E-state index contributed by atoms with van der Waals surface area (Å²) in [4.78, 5) is 0. The lowest BCUT2D eigenvalue weighted by atomic mass is 10.00. The van der Waals surface area contributed by atoms with E-state index in [1.807, 2.05) is 0 Å². The van der Waals surface area contributed by atoms with E-state index < -0.39 is 0 Å². The molecular formula is C10H18Mg. The minimum absolute atomic E-state index is 0. The van der Waals surface area contributed by atoms with Crippen LogP contribution in [0, 0.1) is 5.92 Å². The van der Waals surface area contributed by atoms with Gasteiger partial charge < -0.3 is 0 Å². The maximum Gasteiger partial charge on any atom is 0.316 e. The highest BCUT2D eigenvalue weighted by Crippen LogP contribution is 2.35. The third-order valence-electron chi connectivity index (χ3n) is 3.04. The molecule has 0 radical (unpaired) electrons. The fourth-order valence-corrected chi connectivity index (χ4v) is 1.57. The largest absolute Gasteiger partial charge is 0.316 e. The van der Waals surface area contributed by atoms with E-state index in [4.69, 9.17) is 0 Å². The molecule has 0 heterocycles. The summed E-state index contributed by atoms with van der Waals surface area (Å²) >= 11 is 0. The van der Waals surface area contributed by atoms with Crippen LogP contribution in [0.15, 0.2) is 22.3 Å². The van der Waals surface area contributed by atoms with Crippen molar-refractivity contribution in [3.05, 3.63) is 22.3 Å². The molecule has 1 aliphatic carbocycles. The first kappa shape index (κ1) is 11.2. The Morgan fingerprint density at radius 3 is 1.18 bits per heavy atom. The van der Waals surface area contributed by atoms with Crippen molar-refractivity contribution in [3.8, 4) is 0 Å². The summed E-state index contributed by atoms with van der Waals surface area (Å²) in [5.41, 5.74) is 6.11. The number of hydrogen-bond acceptors (Lipinski definition) is 0. The third-order valence-corrected chi connectivity index (χ3v) is 3.04. The van der Waals surface area contributed by atoms with Gasteiger partial charge in [-0.15, -0.1) is 0 Å². The standard InChI is InChI=1S/C10H16.Mg.2H/c1-6-7(2)9(4)10(5)8(6)3;;;/h6H,1-5H3;;;. The Hall–Kier alpha value is 0.246. The van der Waals surface area contributed by atoms with E-state index in [2.05, 4.69) is 34.6 Å². The van der Waals surface area contributed by atoms with Gasteiger partial charge in [0.05, 0.1) is 0 Å². The molecule has 0 spiro atoms. The van der Waals surface area contributed by atoms with Crippen LogP contribution >= 0.6 is 0 Å². The number of hydrogen-bond donors (Lipinski definition) is 0. The minimum Gasteiger partial charge on any atom is -0.0632 e. The van der Waals surface area contributed by atoms with E-state index in [1.54, 1.807) is 11.1 Å². The average Bonchev–Trinajstić information content (AvgIpc) is 2.07. The first-order chi connectivity index (χ1) is 4.55. The fourth-order valence-electron chi connectivity index (χ4n) is 1.57. The molecule has 0 unspecified atom stereocenters. The van der Waals surface area contributed by atoms with Gasteiger partial charge in [0.25, 0.3) is 0 Å². The molecule has 0 aliphatic heterocycles. The van der Waals surface area contributed by atoms with Crippen LogP contribution in [0.3, 0.4) is 0 Å². The van der Waals surface area contributed by atoms with Gasteiger partial charge in [-0.25, -0.2) is 0 Å². The number of allylic oxidation sites excluding steroid dienone is 4. The summed E-state index contributed by atoms with van der Waals surface area (Å²) in [5, 5.41) is 0.